The first kappa shape index (κ1) is 15.4. The molecule has 1 aliphatic heterocycles. The second-order valence-electron chi connectivity index (χ2n) is 6.40. The topological polar surface area (TPSA) is 71.7 Å². The van der Waals surface area contributed by atoms with Crippen molar-refractivity contribution in [2.24, 2.45) is 0 Å². The summed E-state index contributed by atoms with van der Waals surface area (Å²) < 4.78 is 5.45. The van der Waals surface area contributed by atoms with Gasteiger partial charge in [-0.25, -0.2) is 4.79 Å². The van der Waals surface area contributed by atoms with E-state index in [0.29, 0.717) is 12.2 Å². The Labute approximate surface area is 125 Å². The SMILES string of the molecule is CC1CN(c2ccncc2N)CCN1C(=O)OC(C)(C)C. The number of nitrogen functional groups attached to an aromatic ring is 1. The van der Waals surface area contributed by atoms with Crippen molar-refractivity contribution in [3.8, 4) is 0 Å². The first-order valence-electron chi connectivity index (χ1n) is 7.22. The van der Waals surface area contributed by atoms with E-state index in [1.54, 1.807) is 17.3 Å². The van der Waals surface area contributed by atoms with Crippen LogP contribution in [0.3, 0.4) is 0 Å². The predicted molar refractivity (Wildman–Crippen MR) is 83.3 cm³/mol. The van der Waals surface area contributed by atoms with Crippen molar-refractivity contribution in [1.82, 2.24) is 9.88 Å². The largest absolute Gasteiger partial charge is 0.444 e. The van der Waals surface area contributed by atoms with Crippen LogP contribution in [0.2, 0.25) is 0 Å². The van der Waals surface area contributed by atoms with Gasteiger partial charge in [0.25, 0.3) is 0 Å². The summed E-state index contributed by atoms with van der Waals surface area (Å²) in [7, 11) is 0. The lowest BCUT2D eigenvalue weighted by atomic mass is 10.1. The van der Waals surface area contributed by atoms with E-state index < -0.39 is 5.60 Å². The van der Waals surface area contributed by atoms with E-state index in [0.717, 1.165) is 18.8 Å². The van der Waals surface area contributed by atoms with E-state index in [4.69, 9.17) is 10.5 Å². The molecule has 2 heterocycles. The Morgan fingerprint density at radius 1 is 1.43 bits per heavy atom. The van der Waals surface area contributed by atoms with E-state index in [-0.39, 0.29) is 12.1 Å². The molecule has 0 spiro atoms. The number of pyridine rings is 1. The number of anilines is 2. The van der Waals surface area contributed by atoms with Crippen LogP contribution in [0.1, 0.15) is 27.7 Å². The number of hydrogen-bond donors (Lipinski definition) is 1. The quantitative estimate of drug-likeness (QED) is 0.858. The van der Waals surface area contributed by atoms with Gasteiger partial charge in [0.1, 0.15) is 5.60 Å². The number of piperazine rings is 1. The van der Waals surface area contributed by atoms with Gasteiger partial charge in [-0.2, -0.15) is 0 Å². The van der Waals surface area contributed by atoms with Crippen LogP contribution in [-0.4, -0.2) is 47.3 Å². The van der Waals surface area contributed by atoms with Crippen molar-refractivity contribution in [3.63, 3.8) is 0 Å². The van der Waals surface area contributed by atoms with Crippen molar-refractivity contribution in [3.05, 3.63) is 18.5 Å². The summed E-state index contributed by atoms with van der Waals surface area (Å²) in [6, 6.07) is 1.98. The fourth-order valence-corrected chi connectivity index (χ4v) is 2.46. The minimum Gasteiger partial charge on any atom is -0.444 e. The number of nitrogens with two attached hydrogens (primary N) is 1. The van der Waals surface area contributed by atoms with Gasteiger partial charge in [0, 0.05) is 31.9 Å². The Morgan fingerprint density at radius 3 is 2.71 bits per heavy atom. The lowest BCUT2D eigenvalue weighted by molar-refractivity contribution is 0.0159. The molecule has 21 heavy (non-hydrogen) atoms. The lowest BCUT2D eigenvalue weighted by Gasteiger charge is -2.41. The number of hydrogen-bond acceptors (Lipinski definition) is 5. The zero-order chi connectivity index (χ0) is 15.6. The molecule has 0 aromatic carbocycles. The Hall–Kier alpha value is -1.98. The molecule has 1 aromatic rings. The maximum atomic E-state index is 12.2. The maximum Gasteiger partial charge on any atom is 0.410 e. The Bertz CT molecular complexity index is 513. The first-order valence-corrected chi connectivity index (χ1v) is 7.22. The predicted octanol–water partition coefficient (Wildman–Crippen LogP) is 2.11. The van der Waals surface area contributed by atoms with Gasteiger partial charge in [-0.05, 0) is 33.8 Å². The summed E-state index contributed by atoms with van der Waals surface area (Å²) in [4.78, 5) is 20.2. The van der Waals surface area contributed by atoms with Gasteiger partial charge in [-0.3, -0.25) is 4.98 Å². The standard InChI is InChI=1S/C15H24N4O2/c1-11-10-18(13-5-6-17-9-12(13)16)7-8-19(11)14(20)21-15(2,3)4/h5-6,9,11H,7-8,10,16H2,1-4H3. The highest BCUT2D eigenvalue weighted by atomic mass is 16.6. The summed E-state index contributed by atoms with van der Waals surface area (Å²) >= 11 is 0. The molecule has 6 nitrogen and oxygen atoms in total. The molecule has 0 saturated carbocycles. The zero-order valence-corrected chi connectivity index (χ0v) is 13.2. The van der Waals surface area contributed by atoms with E-state index in [2.05, 4.69) is 9.88 Å². The first-order chi connectivity index (χ1) is 9.78. The van der Waals surface area contributed by atoms with Gasteiger partial charge >= 0.3 is 6.09 Å². The number of aromatic nitrogens is 1. The van der Waals surface area contributed by atoms with Gasteiger partial charge < -0.3 is 20.3 Å². The van der Waals surface area contributed by atoms with Crippen LogP contribution in [0.15, 0.2) is 18.5 Å². The molecular weight excluding hydrogens is 268 g/mol. The molecule has 1 saturated heterocycles. The molecule has 1 aliphatic rings. The zero-order valence-electron chi connectivity index (χ0n) is 13.2. The molecule has 2 N–H and O–H groups in total. The molecule has 1 unspecified atom stereocenters. The monoisotopic (exact) mass is 292 g/mol. The fraction of sp³-hybridized carbons (Fsp3) is 0.600. The molecule has 0 radical (unpaired) electrons. The van der Waals surface area contributed by atoms with Gasteiger partial charge in [0.05, 0.1) is 17.6 Å². The number of carbonyl (C=O) groups is 1. The highest BCUT2D eigenvalue weighted by molar-refractivity contribution is 5.70. The molecule has 0 bridgehead atoms. The minimum atomic E-state index is -0.469. The number of ether oxygens (including phenoxy) is 1. The molecule has 1 amide bonds. The number of carbonyl (C=O) groups excluding carboxylic acids is 1. The van der Waals surface area contributed by atoms with Crippen LogP contribution in [0.5, 0.6) is 0 Å². The molecule has 1 atom stereocenters. The average Bonchev–Trinajstić information content (AvgIpc) is 2.37. The van der Waals surface area contributed by atoms with Crippen LogP contribution in [-0.2, 0) is 4.74 Å². The Balaban J connectivity index is 2.03. The third kappa shape index (κ3) is 3.77. The maximum absolute atomic E-state index is 12.2. The van der Waals surface area contributed by atoms with Crippen LogP contribution in [0.25, 0.3) is 0 Å². The summed E-state index contributed by atoms with van der Waals surface area (Å²) in [6.07, 6.45) is 3.13. The second-order valence-corrected chi connectivity index (χ2v) is 6.40. The second kappa shape index (κ2) is 5.79. The molecule has 2 rings (SSSR count). The molecule has 1 aromatic heterocycles. The summed E-state index contributed by atoms with van der Waals surface area (Å²) in [6.45, 7) is 9.74. The minimum absolute atomic E-state index is 0.0705. The summed E-state index contributed by atoms with van der Waals surface area (Å²) in [5.41, 5.74) is 7.13. The highest BCUT2D eigenvalue weighted by Crippen LogP contribution is 2.25. The van der Waals surface area contributed by atoms with E-state index in [1.807, 2.05) is 33.8 Å². The van der Waals surface area contributed by atoms with E-state index >= 15 is 0 Å². The normalized spacial score (nSPS) is 19.5. The summed E-state index contributed by atoms with van der Waals surface area (Å²) in [5, 5.41) is 0. The van der Waals surface area contributed by atoms with Gasteiger partial charge in [-0.15, -0.1) is 0 Å². The highest BCUT2D eigenvalue weighted by Gasteiger charge is 2.31. The third-order valence-corrected chi connectivity index (χ3v) is 3.42. The van der Waals surface area contributed by atoms with Crippen molar-refractivity contribution in [2.75, 3.05) is 30.3 Å². The van der Waals surface area contributed by atoms with Crippen molar-refractivity contribution >= 4 is 17.5 Å². The molecular formula is C15H24N4O2. The van der Waals surface area contributed by atoms with Crippen LogP contribution in [0, 0.1) is 0 Å². The molecule has 116 valence electrons. The van der Waals surface area contributed by atoms with E-state index in [1.165, 1.54) is 0 Å². The van der Waals surface area contributed by atoms with Crippen molar-refractivity contribution in [2.45, 2.75) is 39.3 Å². The third-order valence-electron chi connectivity index (χ3n) is 3.42. The Kier molecular flexibility index (Phi) is 4.25. The van der Waals surface area contributed by atoms with Crippen LogP contribution < -0.4 is 10.6 Å². The molecule has 0 aliphatic carbocycles. The van der Waals surface area contributed by atoms with Crippen LogP contribution in [0.4, 0.5) is 16.2 Å². The molecule has 6 heteroatoms. The summed E-state index contributed by atoms with van der Waals surface area (Å²) in [5.74, 6) is 0. The number of nitrogens with zero attached hydrogens (tertiary/aromatic N) is 3. The van der Waals surface area contributed by atoms with Gasteiger partial charge in [0.2, 0.25) is 0 Å². The average molecular weight is 292 g/mol. The van der Waals surface area contributed by atoms with Crippen LogP contribution >= 0.6 is 0 Å². The van der Waals surface area contributed by atoms with Crippen molar-refractivity contribution in [1.29, 1.82) is 0 Å². The van der Waals surface area contributed by atoms with E-state index in [9.17, 15) is 4.79 Å². The van der Waals surface area contributed by atoms with Crippen molar-refractivity contribution < 1.29 is 9.53 Å². The lowest BCUT2D eigenvalue weighted by Crippen LogP contribution is -2.55. The van der Waals surface area contributed by atoms with Gasteiger partial charge in [-0.1, -0.05) is 0 Å². The smallest absolute Gasteiger partial charge is 0.410 e. The fourth-order valence-electron chi connectivity index (χ4n) is 2.46. The Morgan fingerprint density at radius 2 is 2.14 bits per heavy atom. The molecule has 1 fully saturated rings. The van der Waals surface area contributed by atoms with Gasteiger partial charge in [0.15, 0.2) is 0 Å². The number of amides is 1. The number of rotatable bonds is 1.